The van der Waals surface area contributed by atoms with Crippen LogP contribution in [0.15, 0.2) is 36.7 Å². The number of hydrogen-bond acceptors (Lipinski definition) is 3. The van der Waals surface area contributed by atoms with Gasteiger partial charge in [-0.05, 0) is 43.5 Å². The zero-order chi connectivity index (χ0) is 13.9. The fourth-order valence-electron chi connectivity index (χ4n) is 2.18. The Morgan fingerprint density at radius 3 is 2.84 bits per heavy atom. The Bertz CT molecular complexity index is 546. The van der Waals surface area contributed by atoms with E-state index in [9.17, 15) is 0 Å². The summed E-state index contributed by atoms with van der Waals surface area (Å²) in [7, 11) is 1.66. The second kappa shape index (κ2) is 5.45. The third-order valence-electron chi connectivity index (χ3n) is 3.31. The zero-order valence-corrected chi connectivity index (χ0v) is 11.8. The van der Waals surface area contributed by atoms with E-state index in [1.165, 1.54) is 0 Å². The van der Waals surface area contributed by atoms with Crippen LogP contribution in [0.2, 0.25) is 0 Å². The van der Waals surface area contributed by atoms with E-state index in [2.05, 4.69) is 12.0 Å². The minimum atomic E-state index is -0.434. The molecule has 1 unspecified atom stereocenters. The van der Waals surface area contributed by atoms with Crippen molar-refractivity contribution in [3.63, 3.8) is 0 Å². The summed E-state index contributed by atoms with van der Waals surface area (Å²) < 4.78 is 7.16. The van der Waals surface area contributed by atoms with Crippen LogP contribution in [0.1, 0.15) is 25.0 Å². The average molecular weight is 259 g/mol. The molecule has 0 radical (unpaired) electrons. The van der Waals surface area contributed by atoms with Gasteiger partial charge in [-0.3, -0.25) is 4.68 Å². The molecule has 2 rings (SSSR count). The smallest absolute Gasteiger partial charge is 0.119 e. The SMILES string of the molecule is CCn1cc(CC(C)(N)c2cccc(OC)c2)cn1. The van der Waals surface area contributed by atoms with Gasteiger partial charge in [-0.2, -0.15) is 5.10 Å². The van der Waals surface area contributed by atoms with Crippen molar-refractivity contribution in [2.45, 2.75) is 32.4 Å². The molecule has 1 heterocycles. The first-order valence-corrected chi connectivity index (χ1v) is 6.50. The van der Waals surface area contributed by atoms with Crippen LogP contribution in [0.25, 0.3) is 0 Å². The van der Waals surface area contributed by atoms with Gasteiger partial charge in [0.1, 0.15) is 5.75 Å². The highest BCUT2D eigenvalue weighted by atomic mass is 16.5. The highest BCUT2D eigenvalue weighted by molar-refractivity contribution is 5.34. The summed E-state index contributed by atoms with van der Waals surface area (Å²) in [6.07, 6.45) is 4.68. The Morgan fingerprint density at radius 2 is 2.21 bits per heavy atom. The fourth-order valence-corrected chi connectivity index (χ4v) is 2.18. The van der Waals surface area contributed by atoms with E-state index in [1.54, 1.807) is 7.11 Å². The number of rotatable bonds is 5. The zero-order valence-electron chi connectivity index (χ0n) is 11.8. The van der Waals surface area contributed by atoms with Gasteiger partial charge in [0, 0.05) is 18.3 Å². The predicted octanol–water partition coefficient (Wildman–Crippen LogP) is 2.33. The highest BCUT2D eigenvalue weighted by Gasteiger charge is 2.22. The lowest BCUT2D eigenvalue weighted by atomic mass is 9.87. The summed E-state index contributed by atoms with van der Waals surface area (Å²) in [5, 5.41) is 4.28. The van der Waals surface area contributed by atoms with Gasteiger partial charge in [-0.25, -0.2) is 0 Å². The fraction of sp³-hybridized carbons (Fsp3) is 0.400. The molecule has 2 N–H and O–H groups in total. The molecule has 1 atom stereocenters. The van der Waals surface area contributed by atoms with Gasteiger partial charge < -0.3 is 10.5 Å². The van der Waals surface area contributed by atoms with Crippen molar-refractivity contribution in [1.29, 1.82) is 0 Å². The molecule has 0 saturated carbocycles. The van der Waals surface area contributed by atoms with Crippen LogP contribution in [0.5, 0.6) is 5.75 Å². The van der Waals surface area contributed by atoms with Crippen molar-refractivity contribution in [3.05, 3.63) is 47.8 Å². The number of ether oxygens (including phenoxy) is 1. The Morgan fingerprint density at radius 1 is 1.42 bits per heavy atom. The Balaban J connectivity index is 2.20. The predicted molar refractivity (Wildman–Crippen MR) is 76.1 cm³/mol. The molecule has 4 heteroatoms. The molecule has 102 valence electrons. The third kappa shape index (κ3) is 3.15. The molecule has 4 nitrogen and oxygen atoms in total. The Hall–Kier alpha value is -1.81. The van der Waals surface area contributed by atoms with Crippen LogP contribution in [-0.4, -0.2) is 16.9 Å². The van der Waals surface area contributed by atoms with Crippen LogP contribution in [0.4, 0.5) is 0 Å². The molecular formula is C15H21N3O. The second-order valence-electron chi connectivity index (χ2n) is 5.03. The van der Waals surface area contributed by atoms with E-state index >= 15 is 0 Å². The van der Waals surface area contributed by atoms with Crippen LogP contribution in [0.3, 0.4) is 0 Å². The van der Waals surface area contributed by atoms with Gasteiger partial charge in [0.25, 0.3) is 0 Å². The second-order valence-corrected chi connectivity index (χ2v) is 5.03. The molecule has 0 spiro atoms. The number of methoxy groups -OCH3 is 1. The summed E-state index contributed by atoms with van der Waals surface area (Å²) in [5.74, 6) is 0.832. The number of nitrogens with zero attached hydrogens (tertiary/aromatic N) is 2. The van der Waals surface area contributed by atoms with Gasteiger partial charge in [-0.15, -0.1) is 0 Å². The van der Waals surface area contributed by atoms with E-state index in [0.717, 1.165) is 29.8 Å². The van der Waals surface area contributed by atoms with Crippen molar-refractivity contribution in [3.8, 4) is 5.75 Å². The van der Waals surface area contributed by atoms with Crippen LogP contribution in [0, 0.1) is 0 Å². The minimum absolute atomic E-state index is 0.434. The van der Waals surface area contributed by atoms with Crippen LogP contribution in [-0.2, 0) is 18.5 Å². The van der Waals surface area contributed by atoms with Gasteiger partial charge in [0.15, 0.2) is 0 Å². The van der Waals surface area contributed by atoms with E-state index in [1.807, 2.05) is 48.3 Å². The van der Waals surface area contributed by atoms with Crippen LogP contribution >= 0.6 is 0 Å². The molecule has 0 bridgehead atoms. The normalized spacial score (nSPS) is 14.1. The first-order chi connectivity index (χ1) is 9.05. The highest BCUT2D eigenvalue weighted by Crippen LogP contribution is 2.25. The lowest BCUT2D eigenvalue weighted by Crippen LogP contribution is -2.35. The number of hydrogen-bond donors (Lipinski definition) is 1. The van der Waals surface area contributed by atoms with E-state index in [4.69, 9.17) is 10.5 Å². The number of benzene rings is 1. The number of aryl methyl sites for hydroxylation is 1. The number of aromatic nitrogens is 2. The molecule has 2 aromatic rings. The molecule has 0 aliphatic carbocycles. The first kappa shape index (κ1) is 13.6. The van der Waals surface area contributed by atoms with Gasteiger partial charge in [-0.1, -0.05) is 12.1 Å². The quantitative estimate of drug-likeness (QED) is 0.896. The van der Waals surface area contributed by atoms with E-state index < -0.39 is 5.54 Å². The Kier molecular flexibility index (Phi) is 3.90. The molecule has 0 fully saturated rings. The standard InChI is InChI=1S/C15H21N3O/c1-4-18-11-12(10-17-18)9-15(2,16)13-6-5-7-14(8-13)19-3/h5-8,10-11H,4,9,16H2,1-3H3. The molecule has 0 aliphatic heterocycles. The number of nitrogens with two attached hydrogens (primary N) is 1. The maximum Gasteiger partial charge on any atom is 0.119 e. The molecule has 19 heavy (non-hydrogen) atoms. The Labute approximate surface area is 114 Å². The molecule has 0 amide bonds. The van der Waals surface area contributed by atoms with Crippen LogP contribution < -0.4 is 10.5 Å². The molecular weight excluding hydrogens is 238 g/mol. The van der Waals surface area contributed by atoms with Gasteiger partial charge in [0.2, 0.25) is 0 Å². The molecule has 1 aromatic carbocycles. The van der Waals surface area contributed by atoms with Crippen molar-refractivity contribution in [1.82, 2.24) is 9.78 Å². The van der Waals surface area contributed by atoms with Crippen molar-refractivity contribution in [2.75, 3.05) is 7.11 Å². The monoisotopic (exact) mass is 259 g/mol. The van der Waals surface area contributed by atoms with Gasteiger partial charge >= 0.3 is 0 Å². The lowest BCUT2D eigenvalue weighted by molar-refractivity contribution is 0.410. The summed E-state index contributed by atoms with van der Waals surface area (Å²) >= 11 is 0. The summed E-state index contributed by atoms with van der Waals surface area (Å²) in [6.45, 7) is 4.98. The molecule has 0 aliphatic rings. The summed E-state index contributed by atoms with van der Waals surface area (Å²) in [6, 6.07) is 7.92. The first-order valence-electron chi connectivity index (χ1n) is 6.50. The topological polar surface area (TPSA) is 53.1 Å². The van der Waals surface area contributed by atoms with Gasteiger partial charge in [0.05, 0.1) is 13.3 Å². The largest absolute Gasteiger partial charge is 0.497 e. The lowest BCUT2D eigenvalue weighted by Gasteiger charge is -2.25. The van der Waals surface area contributed by atoms with Crippen molar-refractivity contribution in [2.24, 2.45) is 5.73 Å². The minimum Gasteiger partial charge on any atom is -0.497 e. The third-order valence-corrected chi connectivity index (χ3v) is 3.31. The average Bonchev–Trinajstić information content (AvgIpc) is 2.85. The van der Waals surface area contributed by atoms with Crippen molar-refractivity contribution >= 4 is 0 Å². The molecule has 1 aromatic heterocycles. The summed E-state index contributed by atoms with van der Waals surface area (Å²) in [4.78, 5) is 0. The van der Waals surface area contributed by atoms with Crippen molar-refractivity contribution < 1.29 is 4.74 Å². The maximum absolute atomic E-state index is 6.45. The maximum atomic E-state index is 6.45. The van der Waals surface area contributed by atoms with E-state index in [0.29, 0.717) is 0 Å². The molecule has 0 saturated heterocycles. The summed E-state index contributed by atoms with van der Waals surface area (Å²) in [5.41, 5.74) is 8.23. The van der Waals surface area contributed by atoms with E-state index in [-0.39, 0.29) is 0 Å².